The van der Waals surface area contributed by atoms with Crippen molar-refractivity contribution in [3.63, 3.8) is 0 Å². The van der Waals surface area contributed by atoms with Gasteiger partial charge in [-0.15, -0.1) is 0 Å². The standard InChI is InChI=1S/C11H13NO3/c1-7(2)6-12-11(15)9-5-8(13)3-4-10(9)14/h3-5,13-14H,1,6H2,2H3,(H,12,15). The van der Waals surface area contributed by atoms with Gasteiger partial charge in [0.25, 0.3) is 5.91 Å². The van der Waals surface area contributed by atoms with E-state index in [1.165, 1.54) is 18.2 Å². The lowest BCUT2D eigenvalue weighted by atomic mass is 10.1. The number of phenolic OH excluding ortho intramolecular Hbond substituents is 2. The van der Waals surface area contributed by atoms with Crippen molar-refractivity contribution < 1.29 is 15.0 Å². The minimum Gasteiger partial charge on any atom is -0.508 e. The molecular formula is C11H13NO3. The molecule has 0 fully saturated rings. The first kappa shape index (κ1) is 11.1. The third-order valence-electron chi connectivity index (χ3n) is 1.78. The lowest BCUT2D eigenvalue weighted by molar-refractivity contribution is 0.0954. The molecule has 0 radical (unpaired) electrons. The summed E-state index contributed by atoms with van der Waals surface area (Å²) in [6.45, 7) is 5.76. The summed E-state index contributed by atoms with van der Waals surface area (Å²) in [7, 11) is 0. The minimum atomic E-state index is -0.439. The van der Waals surface area contributed by atoms with Crippen LogP contribution in [0.4, 0.5) is 0 Å². The number of hydrogen-bond acceptors (Lipinski definition) is 3. The number of phenols is 2. The molecule has 1 amide bonds. The fourth-order valence-electron chi connectivity index (χ4n) is 1.03. The molecule has 0 spiro atoms. The molecule has 0 bridgehead atoms. The topological polar surface area (TPSA) is 69.6 Å². The average Bonchev–Trinajstić information content (AvgIpc) is 2.18. The van der Waals surface area contributed by atoms with Gasteiger partial charge in [0.05, 0.1) is 5.56 Å². The van der Waals surface area contributed by atoms with E-state index >= 15 is 0 Å². The number of carbonyl (C=O) groups excluding carboxylic acids is 1. The largest absolute Gasteiger partial charge is 0.508 e. The monoisotopic (exact) mass is 207 g/mol. The molecular weight excluding hydrogens is 194 g/mol. The Labute approximate surface area is 87.9 Å². The van der Waals surface area contributed by atoms with Gasteiger partial charge in [-0.25, -0.2) is 0 Å². The Morgan fingerprint density at radius 2 is 2.13 bits per heavy atom. The Kier molecular flexibility index (Phi) is 3.33. The first-order valence-electron chi connectivity index (χ1n) is 4.45. The van der Waals surface area contributed by atoms with Gasteiger partial charge < -0.3 is 15.5 Å². The fourth-order valence-corrected chi connectivity index (χ4v) is 1.03. The molecule has 1 rings (SSSR count). The molecule has 1 aromatic carbocycles. The molecule has 0 aliphatic heterocycles. The third-order valence-corrected chi connectivity index (χ3v) is 1.78. The Bertz CT molecular complexity index is 399. The molecule has 0 unspecified atom stereocenters. The third kappa shape index (κ3) is 3.02. The summed E-state index contributed by atoms with van der Waals surface area (Å²) in [6.07, 6.45) is 0. The van der Waals surface area contributed by atoms with Crippen LogP contribution in [0.15, 0.2) is 30.4 Å². The second-order valence-corrected chi connectivity index (χ2v) is 3.34. The molecule has 1 aromatic rings. The van der Waals surface area contributed by atoms with Crippen molar-refractivity contribution in [2.75, 3.05) is 6.54 Å². The molecule has 4 nitrogen and oxygen atoms in total. The molecule has 0 aliphatic rings. The maximum absolute atomic E-state index is 11.5. The van der Waals surface area contributed by atoms with E-state index in [9.17, 15) is 9.90 Å². The van der Waals surface area contributed by atoms with E-state index in [0.717, 1.165) is 5.57 Å². The van der Waals surface area contributed by atoms with Crippen LogP contribution in [0.1, 0.15) is 17.3 Å². The van der Waals surface area contributed by atoms with Crippen LogP contribution in [-0.4, -0.2) is 22.7 Å². The number of rotatable bonds is 3. The molecule has 0 aromatic heterocycles. The average molecular weight is 207 g/mol. The zero-order valence-electron chi connectivity index (χ0n) is 8.45. The molecule has 15 heavy (non-hydrogen) atoms. The highest BCUT2D eigenvalue weighted by Gasteiger charge is 2.10. The van der Waals surface area contributed by atoms with Gasteiger partial charge in [0.2, 0.25) is 0 Å². The van der Waals surface area contributed by atoms with Crippen LogP contribution in [0.3, 0.4) is 0 Å². The number of hydrogen-bond donors (Lipinski definition) is 3. The quantitative estimate of drug-likeness (QED) is 0.518. The van der Waals surface area contributed by atoms with Crippen molar-refractivity contribution in [1.82, 2.24) is 5.32 Å². The summed E-state index contributed by atoms with van der Waals surface area (Å²) in [5.41, 5.74) is 0.860. The van der Waals surface area contributed by atoms with Crippen LogP contribution in [-0.2, 0) is 0 Å². The zero-order valence-corrected chi connectivity index (χ0v) is 8.45. The smallest absolute Gasteiger partial charge is 0.255 e. The van der Waals surface area contributed by atoms with Crippen molar-refractivity contribution in [2.24, 2.45) is 0 Å². The Morgan fingerprint density at radius 3 is 2.73 bits per heavy atom. The second kappa shape index (κ2) is 4.50. The number of amides is 1. The number of benzene rings is 1. The van der Waals surface area contributed by atoms with Gasteiger partial charge in [0.1, 0.15) is 11.5 Å². The van der Waals surface area contributed by atoms with Crippen LogP contribution in [0, 0.1) is 0 Å². The maximum Gasteiger partial charge on any atom is 0.255 e. The summed E-state index contributed by atoms with van der Waals surface area (Å²) in [4.78, 5) is 11.5. The molecule has 0 aliphatic carbocycles. The lowest BCUT2D eigenvalue weighted by Gasteiger charge is -2.06. The van der Waals surface area contributed by atoms with Crippen molar-refractivity contribution in [1.29, 1.82) is 0 Å². The predicted molar refractivity (Wildman–Crippen MR) is 56.9 cm³/mol. The molecule has 0 atom stereocenters. The zero-order chi connectivity index (χ0) is 11.4. The minimum absolute atomic E-state index is 0.0521. The predicted octanol–water partition coefficient (Wildman–Crippen LogP) is 1.40. The SMILES string of the molecule is C=C(C)CNC(=O)c1cc(O)ccc1O. The molecule has 3 N–H and O–H groups in total. The normalized spacial score (nSPS) is 9.67. The van der Waals surface area contributed by atoms with Crippen molar-refractivity contribution in [3.8, 4) is 11.5 Å². The van der Waals surface area contributed by atoms with E-state index in [4.69, 9.17) is 5.11 Å². The summed E-state index contributed by atoms with van der Waals surface area (Å²) in [5, 5.41) is 21.1. The van der Waals surface area contributed by atoms with E-state index in [1.54, 1.807) is 6.92 Å². The number of carbonyl (C=O) groups is 1. The number of nitrogens with one attached hydrogen (secondary N) is 1. The number of aromatic hydroxyl groups is 2. The highest BCUT2D eigenvalue weighted by atomic mass is 16.3. The van der Waals surface area contributed by atoms with Gasteiger partial charge in [0.15, 0.2) is 0 Å². The highest BCUT2D eigenvalue weighted by molar-refractivity contribution is 5.97. The van der Waals surface area contributed by atoms with Crippen molar-refractivity contribution >= 4 is 5.91 Å². The van der Waals surface area contributed by atoms with Gasteiger partial charge >= 0.3 is 0 Å². The van der Waals surface area contributed by atoms with Gasteiger partial charge in [-0.05, 0) is 25.1 Å². The second-order valence-electron chi connectivity index (χ2n) is 3.34. The van der Waals surface area contributed by atoms with Crippen LogP contribution in [0.5, 0.6) is 11.5 Å². The highest BCUT2D eigenvalue weighted by Crippen LogP contribution is 2.21. The summed E-state index contributed by atoms with van der Waals surface area (Å²) >= 11 is 0. The Hall–Kier alpha value is -1.97. The van der Waals surface area contributed by atoms with Crippen LogP contribution in [0.25, 0.3) is 0 Å². The van der Waals surface area contributed by atoms with Crippen molar-refractivity contribution in [2.45, 2.75) is 6.92 Å². The summed E-state index contributed by atoms with van der Waals surface area (Å²) < 4.78 is 0. The molecule has 0 saturated carbocycles. The Morgan fingerprint density at radius 1 is 1.47 bits per heavy atom. The first-order chi connectivity index (χ1) is 7.00. The fraction of sp³-hybridized carbons (Fsp3) is 0.182. The van der Waals surface area contributed by atoms with Crippen LogP contribution < -0.4 is 5.32 Å². The summed E-state index contributed by atoms with van der Waals surface area (Å²) in [5.74, 6) is -0.660. The maximum atomic E-state index is 11.5. The van der Waals surface area contributed by atoms with Crippen LogP contribution >= 0.6 is 0 Å². The Balaban J connectivity index is 2.81. The molecule has 80 valence electrons. The van der Waals surface area contributed by atoms with E-state index in [0.29, 0.717) is 6.54 Å². The van der Waals surface area contributed by atoms with E-state index in [2.05, 4.69) is 11.9 Å². The van der Waals surface area contributed by atoms with Gasteiger partial charge in [-0.3, -0.25) is 4.79 Å². The lowest BCUT2D eigenvalue weighted by Crippen LogP contribution is -2.24. The van der Waals surface area contributed by atoms with E-state index in [1.807, 2.05) is 0 Å². The van der Waals surface area contributed by atoms with Gasteiger partial charge in [-0.1, -0.05) is 12.2 Å². The van der Waals surface area contributed by atoms with E-state index in [-0.39, 0.29) is 17.1 Å². The molecule has 0 saturated heterocycles. The van der Waals surface area contributed by atoms with Crippen LogP contribution in [0.2, 0.25) is 0 Å². The molecule has 0 heterocycles. The molecule has 4 heteroatoms. The first-order valence-corrected chi connectivity index (χ1v) is 4.45. The van der Waals surface area contributed by atoms with E-state index < -0.39 is 5.91 Å². The van der Waals surface area contributed by atoms with Crippen molar-refractivity contribution in [3.05, 3.63) is 35.9 Å². The van der Waals surface area contributed by atoms with Gasteiger partial charge in [-0.2, -0.15) is 0 Å². The summed E-state index contributed by atoms with van der Waals surface area (Å²) in [6, 6.07) is 3.79. The van der Waals surface area contributed by atoms with Gasteiger partial charge in [0, 0.05) is 6.54 Å².